The second-order valence-electron chi connectivity index (χ2n) is 4.80. The molecule has 11 heteroatoms. The summed E-state index contributed by atoms with van der Waals surface area (Å²) in [5.41, 5.74) is 1.10. The molecule has 2 amide bonds. The molecule has 0 aliphatic heterocycles. The SMILES string of the molecule is O=C(Nc1ccc(OC(F)(F)F)cc1)Nc1nnc(-c2ccncc2)s1. The average Bonchev–Trinajstić information content (AvgIpc) is 3.04. The molecule has 0 atom stereocenters. The molecular formula is C15H10F3N5O2S. The van der Waals surface area contributed by atoms with Crippen LogP contribution >= 0.6 is 11.3 Å². The minimum absolute atomic E-state index is 0.270. The first kappa shape index (κ1) is 17.6. The second-order valence-corrected chi connectivity index (χ2v) is 5.78. The number of anilines is 2. The molecule has 0 aliphatic carbocycles. The Labute approximate surface area is 148 Å². The summed E-state index contributed by atoms with van der Waals surface area (Å²) in [6.07, 6.45) is -1.54. The lowest BCUT2D eigenvalue weighted by Gasteiger charge is -2.09. The highest BCUT2D eigenvalue weighted by Crippen LogP contribution is 2.26. The molecule has 1 aromatic carbocycles. The van der Waals surface area contributed by atoms with E-state index in [0.29, 0.717) is 5.01 Å². The Balaban J connectivity index is 1.58. The smallest absolute Gasteiger partial charge is 0.406 e. The third kappa shape index (κ3) is 4.89. The van der Waals surface area contributed by atoms with Crippen molar-refractivity contribution in [2.24, 2.45) is 0 Å². The number of alkyl halides is 3. The van der Waals surface area contributed by atoms with Crippen LogP contribution in [0.3, 0.4) is 0 Å². The van der Waals surface area contributed by atoms with E-state index in [9.17, 15) is 18.0 Å². The van der Waals surface area contributed by atoms with Gasteiger partial charge in [-0.05, 0) is 36.4 Å². The van der Waals surface area contributed by atoms with E-state index in [2.05, 4.69) is 30.6 Å². The molecule has 0 saturated heterocycles. The van der Waals surface area contributed by atoms with Gasteiger partial charge in [0.15, 0.2) is 0 Å². The summed E-state index contributed by atoms with van der Waals surface area (Å²) >= 11 is 1.17. The largest absolute Gasteiger partial charge is 0.573 e. The second kappa shape index (κ2) is 7.35. The van der Waals surface area contributed by atoms with Crippen molar-refractivity contribution >= 4 is 28.2 Å². The van der Waals surface area contributed by atoms with Crippen LogP contribution in [0.2, 0.25) is 0 Å². The minimum Gasteiger partial charge on any atom is -0.406 e. The highest BCUT2D eigenvalue weighted by Gasteiger charge is 2.30. The summed E-state index contributed by atoms with van der Waals surface area (Å²) in [4.78, 5) is 15.8. The van der Waals surface area contributed by atoms with E-state index in [0.717, 1.165) is 17.7 Å². The summed E-state index contributed by atoms with van der Waals surface area (Å²) in [6.45, 7) is 0. The van der Waals surface area contributed by atoms with Gasteiger partial charge in [-0.2, -0.15) is 0 Å². The Bertz CT molecular complexity index is 884. The molecule has 0 spiro atoms. The van der Waals surface area contributed by atoms with Crippen LogP contribution in [0.5, 0.6) is 5.75 Å². The average molecular weight is 381 g/mol. The zero-order chi connectivity index (χ0) is 18.6. The van der Waals surface area contributed by atoms with Gasteiger partial charge in [-0.3, -0.25) is 10.3 Å². The Morgan fingerprint density at radius 3 is 2.35 bits per heavy atom. The standard InChI is InChI=1S/C15H10F3N5O2S/c16-15(17,18)25-11-3-1-10(2-4-11)20-13(24)21-14-23-22-12(26-14)9-5-7-19-8-6-9/h1-8H,(H2,20,21,23,24). The molecule has 2 aromatic heterocycles. The summed E-state index contributed by atoms with van der Waals surface area (Å²) in [7, 11) is 0. The van der Waals surface area contributed by atoms with E-state index >= 15 is 0 Å². The maximum absolute atomic E-state index is 12.1. The van der Waals surface area contributed by atoms with Crippen LogP contribution in [0.4, 0.5) is 28.8 Å². The number of aromatic nitrogens is 3. The van der Waals surface area contributed by atoms with Crippen molar-refractivity contribution in [3.05, 3.63) is 48.8 Å². The van der Waals surface area contributed by atoms with Crippen LogP contribution in [0.1, 0.15) is 0 Å². The number of hydrogen-bond acceptors (Lipinski definition) is 6. The van der Waals surface area contributed by atoms with Gasteiger partial charge in [0.25, 0.3) is 0 Å². The lowest BCUT2D eigenvalue weighted by Crippen LogP contribution is -2.19. The van der Waals surface area contributed by atoms with Crippen LogP contribution in [0, 0.1) is 0 Å². The highest BCUT2D eigenvalue weighted by atomic mass is 32.1. The van der Waals surface area contributed by atoms with E-state index in [1.807, 2.05) is 0 Å². The molecular weight excluding hydrogens is 371 g/mol. The lowest BCUT2D eigenvalue weighted by molar-refractivity contribution is -0.274. The Morgan fingerprint density at radius 1 is 1.00 bits per heavy atom. The fourth-order valence-corrected chi connectivity index (χ4v) is 2.63. The number of benzene rings is 1. The van der Waals surface area contributed by atoms with Crippen molar-refractivity contribution in [3.8, 4) is 16.3 Å². The number of pyridine rings is 1. The first-order valence-electron chi connectivity index (χ1n) is 7.07. The highest BCUT2D eigenvalue weighted by molar-refractivity contribution is 7.18. The maximum Gasteiger partial charge on any atom is 0.573 e. The Kier molecular flexibility index (Phi) is 4.98. The third-order valence-electron chi connectivity index (χ3n) is 2.92. The molecule has 0 saturated carbocycles. The van der Waals surface area contributed by atoms with Gasteiger partial charge in [0, 0.05) is 23.6 Å². The molecule has 134 valence electrons. The molecule has 0 bridgehead atoms. The molecule has 3 rings (SSSR count). The number of rotatable bonds is 4. The molecule has 2 heterocycles. The fraction of sp³-hybridized carbons (Fsp3) is 0.0667. The van der Waals surface area contributed by atoms with Crippen LogP contribution < -0.4 is 15.4 Å². The van der Waals surface area contributed by atoms with Crippen molar-refractivity contribution in [2.75, 3.05) is 10.6 Å². The normalized spacial score (nSPS) is 11.0. The van der Waals surface area contributed by atoms with E-state index in [1.165, 1.54) is 23.5 Å². The van der Waals surface area contributed by atoms with E-state index in [4.69, 9.17) is 0 Å². The van der Waals surface area contributed by atoms with Crippen molar-refractivity contribution in [1.29, 1.82) is 0 Å². The summed E-state index contributed by atoms with van der Waals surface area (Å²) in [5.74, 6) is -0.380. The number of carbonyl (C=O) groups excluding carboxylic acids is 1. The molecule has 2 N–H and O–H groups in total. The zero-order valence-electron chi connectivity index (χ0n) is 12.8. The first-order valence-corrected chi connectivity index (χ1v) is 7.88. The van der Waals surface area contributed by atoms with Gasteiger partial charge in [-0.1, -0.05) is 11.3 Å². The number of amides is 2. The zero-order valence-corrected chi connectivity index (χ0v) is 13.6. The van der Waals surface area contributed by atoms with E-state index in [1.54, 1.807) is 24.5 Å². The summed E-state index contributed by atoms with van der Waals surface area (Å²) in [6, 6.07) is 7.66. The van der Waals surface area contributed by atoms with Gasteiger partial charge in [-0.25, -0.2) is 4.79 Å². The fourth-order valence-electron chi connectivity index (χ4n) is 1.88. The molecule has 3 aromatic rings. The maximum atomic E-state index is 12.1. The van der Waals surface area contributed by atoms with Crippen LogP contribution in [0.25, 0.3) is 10.6 Å². The van der Waals surface area contributed by atoms with Gasteiger partial charge in [-0.15, -0.1) is 23.4 Å². The summed E-state index contributed by atoms with van der Waals surface area (Å²) < 4.78 is 40.1. The molecule has 0 fully saturated rings. The lowest BCUT2D eigenvalue weighted by atomic mass is 10.3. The number of hydrogen-bond donors (Lipinski definition) is 2. The van der Waals surface area contributed by atoms with Gasteiger partial charge >= 0.3 is 12.4 Å². The number of urea groups is 1. The van der Waals surface area contributed by atoms with Gasteiger partial charge in [0.05, 0.1) is 0 Å². The molecule has 0 radical (unpaired) electrons. The van der Waals surface area contributed by atoms with Crippen LogP contribution in [-0.4, -0.2) is 27.6 Å². The predicted octanol–water partition coefficient (Wildman–Crippen LogP) is 4.14. The van der Waals surface area contributed by atoms with Crippen molar-refractivity contribution in [3.63, 3.8) is 0 Å². The Hall–Kier alpha value is -3.21. The minimum atomic E-state index is -4.77. The number of halogens is 3. The number of nitrogens with zero attached hydrogens (tertiary/aromatic N) is 3. The number of nitrogens with one attached hydrogen (secondary N) is 2. The molecule has 7 nitrogen and oxygen atoms in total. The predicted molar refractivity (Wildman–Crippen MR) is 88.9 cm³/mol. The summed E-state index contributed by atoms with van der Waals surface area (Å²) in [5, 5.41) is 13.7. The molecule has 0 unspecified atom stereocenters. The quantitative estimate of drug-likeness (QED) is 0.709. The van der Waals surface area contributed by atoms with E-state index in [-0.39, 0.29) is 16.6 Å². The third-order valence-corrected chi connectivity index (χ3v) is 3.81. The van der Waals surface area contributed by atoms with Crippen molar-refractivity contribution in [1.82, 2.24) is 15.2 Å². The molecule has 0 aliphatic rings. The van der Waals surface area contributed by atoms with Gasteiger partial charge in [0.2, 0.25) is 5.13 Å². The molecule has 26 heavy (non-hydrogen) atoms. The van der Waals surface area contributed by atoms with Gasteiger partial charge < -0.3 is 10.1 Å². The van der Waals surface area contributed by atoms with Gasteiger partial charge in [0.1, 0.15) is 10.8 Å². The number of carbonyl (C=O) groups is 1. The van der Waals surface area contributed by atoms with Crippen molar-refractivity contribution in [2.45, 2.75) is 6.36 Å². The van der Waals surface area contributed by atoms with Crippen molar-refractivity contribution < 1.29 is 22.7 Å². The number of ether oxygens (including phenoxy) is 1. The Morgan fingerprint density at radius 2 is 1.69 bits per heavy atom. The van der Waals surface area contributed by atoms with Crippen LogP contribution in [0.15, 0.2) is 48.8 Å². The van der Waals surface area contributed by atoms with Crippen LogP contribution in [-0.2, 0) is 0 Å². The monoisotopic (exact) mass is 381 g/mol. The van der Waals surface area contributed by atoms with E-state index < -0.39 is 12.4 Å². The first-order chi connectivity index (χ1) is 12.4. The topological polar surface area (TPSA) is 89.0 Å².